The first-order valence-electron chi connectivity index (χ1n) is 19.8. The summed E-state index contributed by atoms with van der Waals surface area (Å²) < 4.78 is 80.7. The summed E-state index contributed by atoms with van der Waals surface area (Å²) in [5.74, 6) is -5.74. The molecule has 0 bridgehead atoms. The zero-order valence-electron chi connectivity index (χ0n) is 33.0. The largest absolute Gasteiger partial charge is 0.440 e. The van der Waals surface area contributed by atoms with Crippen LogP contribution >= 0.6 is 0 Å². The maximum Gasteiger partial charge on any atom is 0.434 e. The second-order valence-corrected chi connectivity index (χ2v) is 16.7. The van der Waals surface area contributed by atoms with Gasteiger partial charge in [-0.25, -0.2) is 23.5 Å². The van der Waals surface area contributed by atoms with E-state index in [2.05, 4.69) is 25.6 Å². The van der Waals surface area contributed by atoms with Crippen LogP contribution in [-0.2, 0) is 28.4 Å². The summed E-state index contributed by atoms with van der Waals surface area (Å²) in [6.45, 7) is 3.42. The first kappa shape index (κ1) is 41.2. The Labute approximate surface area is 339 Å². The van der Waals surface area contributed by atoms with Crippen LogP contribution in [0.4, 0.5) is 27.6 Å². The summed E-state index contributed by atoms with van der Waals surface area (Å²) in [6, 6.07) is 6.98. The molecule has 2 atom stereocenters. The molecule has 0 spiro atoms. The van der Waals surface area contributed by atoms with Gasteiger partial charge < -0.3 is 14.8 Å². The number of imidazole rings is 1. The van der Waals surface area contributed by atoms with E-state index in [1.807, 2.05) is 0 Å². The van der Waals surface area contributed by atoms with E-state index in [0.717, 1.165) is 19.0 Å². The molecule has 2 aromatic carbocycles. The van der Waals surface area contributed by atoms with Crippen molar-refractivity contribution in [2.45, 2.75) is 94.4 Å². The molecule has 8 rings (SSSR count). The van der Waals surface area contributed by atoms with E-state index in [-0.39, 0.29) is 42.3 Å². The number of hydrogen-bond donors (Lipinski definition) is 3. The topological polar surface area (TPSA) is 177 Å². The average Bonchev–Trinajstić information content (AvgIpc) is 3.71. The number of aromatic nitrogens is 5. The smallest absolute Gasteiger partial charge is 0.434 e. The molecule has 19 heteroatoms. The summed E-state index contributed by atoms with van der Waals surface area (Å²) in [5.41, 5.74) is -1.79. The predicted octanol–water partition coefficient (Wildman–Crippen LogP) is 6.15. The number of nitrogens with zero attached hydrogens (tertiary/aromatic N) is 6. The molecule has 0 radical (unpaired) electrons. The van der Waals surface area contributed by atoms with Gasteiger partial charge in [-0.3, -0.25) is 38.7 Å². The average molecular weight is 839 g/mol. The molecule has 60 heavy (non-hydrogen) atoms. The third-order valence-electron chi connectivity index (χ3n) is 12.0. The summed E-state index contributed by atoms with van der Waals surface area (Å²) in [6.07, 6.45) is -0.191. The number of aliphatic hydroxyl groups is 1. The predicted molar refractivity (Wildman–Crippen MR) is 206 cm³/mol. The molecule has 3 aliphatic rings. The number of carbonyl (C=O) groups excluding carboxylic acids is 3. The second-order valence-electron chi connectivity index (χ2n) is 16.7. The van der Waals surface area contributed by atoms with Crippen LogP contribution in [0.2, 0.25) is 0 Å². The number of nitrogens with one attached hydrogen (secondary N) is 2. The van der Waals surface area contributed by atoms with Crippen molar-refractivity contribution in [1.29, 1.82) is 0 Å². The normalized spacial score (nSPS) is 22.9. The van der Waals surface area contributed by atoms with Gasteiger partial charge in [0.15, 0.2) is 17.2 Å². The number of benzene rings is 2. The molecule has 3 N–H and O–H groups in total. The van der Waals surface area contributed by atoms with Crippen molar-refractivity contribution in [2.75, 3.05) is 25.0 Å². The van der Waals surface area contributed by atoms with E-state index >= 15 is 8.78 Å². The number of rotatable bonds is 8. The lowest BCUT2D eigenvalue weighted by atomic mass is 9.80. The Bertz CT molecular complexity index is 2570. The Balaban J connectivity index is 0.927. The van der Waals surface area contributed by atoms with Gasteiger partial charge in [-0.15, -0.1) is 0 Å². The van der Waals surface area contributed by atoms with Crippen LogP contribution in [0.1, 0.15) is 110 Å². The first-order chi connectivity index (χ1) is 28.3. The summed E-state index contributed by atoms with van der Waals surface area (Å²) >= 11 is 0. The molecule has 1 unspecified atom stereocenters. The summed E-state index contributed by atoms with van der Waals surface area (Å²) in [7, 11) is 1.51. The number of halogens is 5. The molecule has 2 saturated heterocycles. The number of hydrogen-bond acceptors (Lipinski definition) is 10. The Hall–Kier alpha value is -5.56. The van der Waals surface area contributed by atoms with Gasteiger partial charge in [0.2, 0.25) is 11.8 Å². The van der Waals surface area contributed by atoms with Gasteiger partial charge >= 0.3 is 11.9 Å². The SMILES string of the molecule is Cn1c(=O)n(C2CCC(=O)NC2=O)c2cccc([C@H]3CCN(CC4CCC(c5nc6cc(C(C)(C)O)c(NC(=O)c7cncc(C(F)(F)F)n7)cc6o5)CC4)CC3(F)F)c21. The van der Waals surface area contributed by atoms with Crippen molar-refractivity contribution in [3.63, 3.8) is 0 Å². The minimum atomic E-state index is -4.80. The third kappa shape index (κ3) is 7.79. The van der Waals surface area contributed by atoms with Gasteiger partial charge in [0, 0.05) is 37.6 Å². The van der Waals surface area contributed by atoms with E-state index in [4.69, 9.17) is 4.42 Å². The Kier molecular flexibility index (Phi) is 10.4. The van der Waals surface area contributed by atoms with Crippen molar-refractivity contribution in [3.05, 3.63) is 81.6 Å². The fourth-order valence-electron chi connectivity index (χ4n) is 9.06. The number of likely N-dealkylation sites (tertiary alicyclic amines) is 1. The number of carbonyl (C=O) groups is 3. The lowest BCUT2D eigenvalue weighted by Gasteiger charge is -2.41. The van der Waals surface area contributed by atoms with E-state index in [0.29, 0.717) is 65.7 Å². The molecule has 3 fully saturated rings. The van der Waals surface area contributed by atoms with Gasteiger partial charge in [0.25, 0.3) is 11.8 Å². The molecule has 3 aromatic heterocycles. The molecule has 14 nitrogen and oxygen atoms in total. The van der Waals surface area contributed by atoms with Crippen molar-refractivity contribution in [2.24, 2.45) is 13.0 Å². The molecule has 318 valence electrons. The maximum absolute atomic E-state index is 16.2. The van der Waals surface area contributed by atoms with Crippen molar-refractivity contribution < 1.29 is 45.9 Å². The highest BCUT2D eigenvalue weighted by Crippen LogP contribution is 2.45. The van der Waals surface area contributed by atoms with Crippen molar-refractivity contribution in [3.8, 4) is 0 Å². The van der Waals surface area contributed by atoms with Gasteiger partial charge in [-0.05, 0) is 82.5 Å². The fourth-order valence-corrected chi connectivity index (χ4v) is 9.06. The number of amides is 3. The first-order valence-corrected chi connectivity index (χ1v) is 19.8. The zero-order chi connectivity index (χ0) is 42.9. The summed E-state index contributed by atoms with van der Waals surface area (Å²) in [5, 5.41) is 15.7. The van der Waals surface area contributed by atoms with E-state index in [9.17, 15) is 37.5 Å². The van der Waals surface area contributed by atoms with E-state index in [1.165, 1.54) is 36.1 Å². The number of piperidine rings is 2. The highest BCUT2D eigenvalue weighted by molar-refractivity contribution is 6.04. The highest BCUT2D eigenvalue weighted by Gasteiger charge is 2.47. The quantitative estimate of drug-likeness (QED) is 0.121. The number of imide groups is 1. The number of oxazole rings is 1. The summed E-state index contributed by atoms with van der Waals surface area (Å²) in [4.78, 5) is 64.3. The Morgan fingerprint density at radius 1 is 1.03 bits per heavy atom. The molecule has 5 aromatic rings. The van der Waals surface area contributed by atoms with Crippen molar-refractivity contribution >= 4 is 45.5 Å². The highest BCUT2D eigenvalue weighted by atomic mass is 19.4. The standard InChI is InChI=1S/C41H43F5N8O6/c1-39(2,59)25-15-27-31(16-26(25)49-35(56)28-17-47-18-32(48-28)41(44,45)46)60-37(50-27)22-9-7-21(8-10-22)19-53-14-13-24(40(42,43)20-53)23-5-4-6-29-34(23)52(3)38(58)54(29)30-11-12-33(55)51-36(30)57/h4-6,15-18,21-22,24,30,59H,7-14,19-20H2,1-3H3,(H,49,56)(H,51,55,57)/t21?,22?,24-,30?/m1/s1. The van der Waals surface area contributed by atoms with Crippen LogP contribution in [0.5, 0.6) is 0 Å². The minimum Gasteiger partial charge on any atom is -0.440 e. The van der Waals surface area contributed by atoms with Crippen LogP contribution in [0, 0.1) is 5.92 Å². The second kappa shape index (κ2) is 15.2. The van der Waals surface area contributed by atoms with Gasteiger partial charge in [-0.2, -0.15) is 13.2 Å². The Morgan fingerprint density at radius 3 is 2.47 bits per heavy atom. The lowest BCUT2D eigenvalue weighted by molar-refractivity contribution is -0.141. The maximum atomic E-state index is 16.2. The van der Waals surface area contributed by atoms with Crippen LogP contribution in [0.3, 0.4) is 0 Å². The number of anilines is 1. The third-order valence-corrected chi connectivity index (χ3v) is 12.0. The zero-order valence-corrected chi connectivity index (χ0v) is 33.0. The number of alkyl halides is 5. The van der Waals surface area contributed by atoms with Gasteiger partial charge in [-0.1, -0.05) is 12.1 Å². The fraction of sp³-hybridized carbons (Fsp3) is 0.488. The number of fused-ring (bicyclic) bond motifs is 2. The minimum absolute atomic E-state index is 0.0675. The van der Waals surface area contributed by atoms with Crippen LogP contribution in [0.25, 0.3) is 22.1 Å². The lowest BCUT2D eigenvalue weighted by Crippen LogP contribution is -2.49. The molecule has 1 aliphatic carbocycles. The molecule has 3 amide bonds. The Morgan fingerprint density at radius 2 is 1.78 bits per heavy atom. The van der Waals surface area contributed by atoms with Gasteiger partial charge in [0.05, 0.1) is 47.2 Å². The molecule has 1 saturated carbocycles. The van der Waals surface area contributed by atoms with Crippen molar-refractivity contribution in [1.82, 2.24) is 34.3 Å². The van der Waals surface area contributed by atoms with E-state index in [1.54, 1.807) is 29.2 Å². The monoisotopic (exact) mass is 838 g/mol. The number of aryl methyl sites for hydroxylation is 1. The molecular weight excluding hydrogens is 795 g/mol. The van der Waals surface area contributed by atoms with E-state index < -0.39 is 71.0 Å². The van der Waals surface area contributed by atoms with Crippen LogP contribution < -0.4 is 16.3 Å². The van der Waals surface area contributed by atoms with Crippen LogP contribution in [-0.4, -0.2) is 77.4 Å². The molecule has 5 heterocycles. The van der Waals surface area contributed by atoms with Gasteiger partial charge in [0.1, 0.15) is 17.3 Å². The molecular formula is C41H43F5N8O6. The number of para-hydroxylation sites is 1. The molecule has 2 aliphatic heterocycles. The van der Waals surface area contributed by atoms with Crippen LogP contribution in [0.15, 0.2) is 51.9 Å².